The normalized spacial score (nSPS) is 31.6. The van der Waals surface area contributed by atoms with Gasteiger partial charge in [0.1, 0.15) is 6.61 Å². The van der Waals surface area contributed by atoms with Crippen LogP contribution in [0.1, 0.15) is 61.1 Å². The number of rotatable bonds is 4. The highest BCUT2D eigenvalue weighted by Gasteiger charge is 2.46. The second kappa shape index (κ2) is 6.27. The van der Waals surface area contributed by atoms with E-state index < -0.39 is 0 Å². The van der Waals surface area contributed by atoms with Crippen molar-refractivity contribution in [1.82, 2.24) is 5.32 Å². The minimum atomic E-state index is -0.244. The fourth-order valence-corrected chi connectivity index (χ4v) is 4.85. The number of aryl methyl sites for hydroxylation is 1. The lowest BCUT2D eigenvalue weighted by Crippen LogP contribution is -2.40. The summed E-state index contributed by atoms with van der Waals surface area (Å²) in [5.74, 6) is 1.37. The Bertz CT molecular complexity index is 653. The van der Waals surface area contributed by atoms with Crippen LogP contribution < -0.4 is 5.32 Å². The highest BCUT2D eigenvalue weighted by atomic mass is 16.6. The largest absolute Gasteiger partial charge is 0.447 e. The van der Waals surface area contributed by atoms with Crippen LogP contribution in [0.4, 0.5) is 4.79 Å². The number of benzene rings is 1. The lowest BCUT2D eigenvalue weighted by Gasteiger charge is -2.26. The van der Waals surface area contributed by atoms with Crippen molar-refractivity contribution in [1.29, 1.82) is 0 Å². The minimum absolute atomic E-state index is 0.104. The van der Waals surface area contributed by atoms with Gasteiger partial charge < -0.3 is 10.1 Å². The van der Waals surface area contributed by atoms with E-state index in [9.17, 15) is 4.79 Å². The van der Waals surface area contributed by atoms with E-state index in [2.05, 4.69) is 30.1 Å². The summed E-state index contributed by atoms with van der Waals surface area (Å²) in [6, 6.07) is 7.13. The van der Waals surface area contributed by atoms with E-state index in [1.54, 1.807) is 11.1 Å². The maximum Gasteiger partial charge on any atom is 0.407 e. The van der Waals surface area contributed by atoms with Crippen LogP contribution in [0.2, 0.25) is 0 Å². The van der Waals surface area contributed by atoms with E-state index in [1.165, 1.54) is 31.2 Å². The van der Waals surface area contributed by atoms with Crippen LogP contribution in [0.5, 0.6) is 0 Å². The first-order valence-electron chi connectivity index (χ1n) is 9.35. The molecule has 1 heterocycles. The first-order chi connectivity index (χ1) is 11.7. The maximum atomic E-state index is 11.4. The Hall–Kier alpha value is -1.77. The molecule has 1 aromatic rings. The number of ether oxygens (including phenoxy) is 1. The third-order valence-corrected chi connectivity index (χ3v) is 6.27. The van der Waals surface area contributed by atoms with Crippen LogP contribution >= 0.6 is 0 Å². The van der Waals surface area contributed by atoms with Gasteiger partial charge in [-0.25, -0.2) is 4.79 Å². The smallest absolute Gasteiger partial charge is 0.407 e. The number of fused-ring (bicyclic) bond motifs is 1. The Morgan fingerprint density at radius 3 is 3.04 bits per heavy atom. The Labute approximate surface area is 144 Å². The van der Waals surface area contributed by atoms with Gasteiger partial charge in [0.2, 0.25) is 0 Å². The molecule has 3 nitrogen and oxygen atoms in total. The molecule has 1 saturated heterocycles. The Kier molecular flexibility index (Phi) is 4.11. The molecule has 1 aliphatic heterocycles. The van der Waals surface area contributed by atoms with Crippen LogP contribution in [-0.2, 0) is 17.6 Å². The summed E-state index contributed by atoms with van der Waals surface area (Å²) in [4.78, 5) is 11.4. The van der Waals surface area contributed by atoms with Crippen LogP contribution in [0.15, 0.2) is 30.9 Å². The maximum absolute atomic E-state index is 11.4. The molecule has 1 unspecified atom stereocenters. The number of nitrogens with one attached hydrogen (secondary N) is 1. The standard InChI is InChI=1S/C21H27NO2/c1-2-3-4-15-5-6-17-12-18(8-7-16(17)11-15)19-9-10-21(13-19)14-24-20(23)22-21/h2,7-8,12,15,19H,1,3-6,9-11,13-14H2,(H,22,23)/t15-,19+,21?/m1/s1. The Balaban J connectivity index is 1.45. The molecule has 2 fully saturated rings. The molecule has 24 heavy (non-hydrogen) atoms. The van der Waals surface area contributed by atoms with Crippen molar-refractivity contribution >= 4 is 6.09 Å². The highest BCUT2D eigenvalue weighted by Crippen LogP contribution is 2.43. The fourth-order valence-electron chi connectivity index (χ4n) is 4.85. The molecule has 3 atom stereocenters. The first-order valence-corrected chi connectivity index (χ1v) is 9.35. The van der Waals surface area contributed by atoms with Gasteiger partial charge in [0.25, 0.3) is 0 Å². The predicted molar refractivity (Wildman–Crippen MR) is 95.2 cm³/mol. The van der Waals surface area contributed by atoms with Gasteiger partial charge in [-0.15, -0.1) is 6.58 Å². The minimum Gasteiger partial charge on any atom is -0.447 e. The van der Waals surface area contributed by atoms with Gasteiger partial charge in [0.15, 0.2) is 0 Å². The van der Waals surface area contributed by atoms with Crippen molar-refractivity contribution in [2.45, 2.75) is 62.8 Å². The summed E-state index contributed by atoms with van der Waals surface area (Å²) >= 11 is 0. The molecule has 1 spiro atoms. The van der Waals surface area contributed by atoms with Gasteiger partial charge in [0, 0.05) is 0 Å². The topological polar surface area (TPSA) is 38.3 Å². The number of hydrogen-bond donors (Lipinski definition) is 1. The van der Waals surface area contributed by atoms with E-state index in [1.807, 2.05) is 6.08 Å². The van der Waals surface area contributed by atoms with Crippen molar-refractivity contribution in [2.75, 3.05) is 6.61 Å². The fraction of sp³-hybridized carbons (Fsp3) is 0.571. The molecule has 1 N–H and O–H groups in total. The molecule has 1 aromatic carbocycles. The summed E-state index contributed by atoms with van der Waals surface area (Å²) in [5, 5.41) is 3.05. The van der Waals surface area contributed by atoms with Crippen LogP contribution in [0.25, 0.3) is 0 Å². The molecule has 4 rings (SSSR count). The number of cyclic esters (lactones) is 1. The number of allylic oxidation sites excluding steroid dienone is 1. The zero-order valence-electron chi connectivity index (χ0n) is 14.4. The molecular weight excluding hydrogens is 298 g/mol. The Morgan fingerprint density at radius 2 is 2.25 bits per heavy atom. The zero-order chi connectivity index (χ0) is 16.6. The van der Waals surface area contributed by atoms with Crippen LogP contribution in [0, 0.1) is 5.92 Å². The molecule has 0 bridgehead atoms. The third-order valence-electron chi connectivity index (χ3n) is 6.27. The van der Waals surface area contributed by atoms with Gasteiger partial charge in [-0.2, -0.15) is 0 Å². The summed E-state index contributed by atoms with van der Waals surface area (Å²) in [7, 11) is 0. The van der Waals surface area contributed by atoms with Gasteiger partial charge in [-0.1, -0.05) is 24.3 Å². The number of amides is 1. The molecule has 128 valence electrons. The van der Waals surface area contributed by atoms with Crippen molar-refractivity contribution in [3.05, 3.63) is 47.5 Å². The van der Waals surface area contributed by atoms with Crippen LogP contribution in [0.3, 0.4) is 0 Å². The van der Waals surface area contributed by atoms with Crippen molar-refractivity contribution < 1.29 is 9.53 Å². The predicted octanol–water partition coefficient (Wildman–Crippen LogP) is 4.50. The lowest BCUT2D eigenvalue weighted by atomic mass is 9.80. The van der Waals surface area contributed by atoms with E-state index >= 15 is 0 Å². The van der Waals surface area contributed by atoms with Crippen molar-refractivity contribution in [3.63, 3.8) is 0 Å². The van der Waals surface area contributed by atoms with E-state index in [0.29, 0.717) is 12.5 Å². The summed E-state index contributed by atoms with van der Waals surface area (Å²) in [6.07, 6.45) is 11.1. The number of carbonyl (C=O) groups excluding carboxylic acids is 1. The van der Waals surface area contributed by atoms with Gasteiger partial charge >= 0.3 is 6.09 Å². The number of hydrogen-bond acceptors (Lipinski definition) is 2. The quantitative estimate of drug-likeness (QED) is 0.828. The summed E-state index contributed by atoms with van der Waals surface area (Å²) < 4.78 is 5.15. The molecule has 1 saturated carbocycles. The Morgan fingerprint density at radius 1 is 1.33 bits per heavy atom. The van der Waals surface area contributed by atoms with Gasteiger partial charge in [-0.05, 0) is 79.9 Å². The summed E-state index contributed by atoms with van der Waals surface area (Å²) in [5.41, 5.74) is 4.45. The molecule has 1 amide bonds. The lowest BCUT2D eigenvalue weighted by molar-refractivity contribution is 0.172. The number of carbonyl (C=O) groups is 1. The second-order valence-corrected chi connectivity index (χ2v) is 7.92. The SMILES string of the molecule is C=CCC[C@@H]1CCc2cc([C@H]3CCC4(COC(=O)N4)C3)ccc2C1. The first kappa shape index (κ1) is 15.7. The molecule has 2 aliphatic carbocycles. The molecular formula is C21H27NO2. The van der Waals surface area contributed by atoms with E-state index in [-0.39, 0.29) is 11.6 Å². The van der Waals surface area contributed by atoms with E-state index in [4.69, 9.17) is 4.74 Å². The van der Waals surface area contributed by atoms with Gasteiger partial charge in [-0.3, -0.25) is 0 Å². The van der Waals surface area contributed by atoms with Gasteiger partial charge in [0.05, 0.1) is 5.54 Å². The second-order valence-electron chi connectivity index (χ2n) is 7.92. The molecule has 3 aliphatic rings. The highest BCUT2D eigenvalue weighted by molar-refractivity contribution is 5.70. The van der Waals surface area contributed by atoms with Crippen LogP contribution in [-0.4, -0.2) is 18.2 Å². The average molecular weight is 325 g/mol. The average Bonchev–Trinajstić information content (AvgIpc) is 3.18. The van der Waals surface area contributed by atoms with Crippen molar-refractivity contribution in [3.8, 4) is 0 Å². The monoisotopic (exact) mass is 325 g/mol. The molecule has 0 radical (unpaired) electrons. The molecule has 0 aromatic heterocycles. The zero-order valence-corrected chi connectivity index (χ0v) is 14.4. The third kappa shape index (κ3) is 2.97. The van der Waals surface area contributed by atoms with Crippen molar-refractivity contribution in [2.24, 2.45) is 5.92 Å². The summed E-state index contributed by atoms with van der Waals surface area (Å²) in [6.45, 7) is 4.38. The number of alkyl carbamates (subject to hydrolysis) is 1. The van der Waals surface area contributed by atoms with E-state index in [0.717, 1.165) is 31.6 Å². The molecule has 3 heteroatoms.